The zero-order valence-electron chi connectivity index (χ0n) is 12.7. The van der Waals surface area contributed by atoms with E-state index in [0.717, 1.165) is 5.56 Å². The number of benzene rings is 1. The Labute approximate surface area is 124 Å². The Bertz CT molecular complexity index is 565. The molecule has 0 saturated heterocycles. The molecule has 1 aromatic carbocycles. The molecule has 0 aliphatic heterocycles. The molecule has 0 fully saturated rings. The SMILES string of the molecule is C/C=C/C(=O)NOC(O)(C#N)c1ccc(C(C)(C)C)cc1. The Hall–Kier alpha value is -2.16. The van der Waals surface area contributed by atoms with Gasteiger partial charge in [0.05, 0.1) is 0 Å². The lowest BCUT2D eigenvalue weighted by Crippen LogP contribution is -2.36. The summed E-state index contributed by atoms with van der Waals surface area (Å²) in [5, 5.41) is 19.3. The number of aliphatic hydroxyl groups is 1. The standard InChI is InChI=1S/C16H20N2O3/c1-5-6-14(19)18-21-16(20,11-17)13-9-7-12(8-10-13)15(2,3)4/h5-10,20H,1-4H3,(H,18,19)/b6-5+. The van der Waals surface area contributed by atoms with Gasteiger partial charge in [-0.15, -0.1) is 0 Å². The summed E-state index contributed by atoms with van der Waals surface area (Å²) in [5.74, 6) is -2.79. The Balaban J connectivity index is 2.94. The van der Waals surface area contributed by atoms with Crippen molar-refractivity contribution in [2.75, 3.05) is 0 Å². The largest absolute Gasteiger partial charge is 0.349 e. The van der Waals surface area contributed by atoms with Crippen LogP contribution in [0.1, 0.15) is 38.8 Å². The van der Waals surface area contributed by atoms with E-state index in [0.29, 0.717) is 0 Å². The van der Waals surface area contributed by atoms with Gasteiger partial charge in [-0.25, -0.2) is 10.3 Å². The fraction of sp³-hybridized carbons (Fsp3) is 0.375. The number of hydroxylamine groups is 1. The maximum Gasteiger partial charge on any atom is 0.306 e. The highest BCUT2D eigenvalue weighted by atomic mass is 16.7. The molecule has 0 aliphatic rings. The van der Waals surface area contributed by atoms with E-state index in [1.54, 1.807) is 25.1 Å². The zero-order valence-corrected chi connectivity index (χ0v) is 12.7. The maximum absolute atomic E-state index is 11.3. The summed E-state index contributed by atoms with van der Waals surface area (Å²) in [6, 6.07) is 8.48. The summed E-state index contributed by atoms with van der Waals surface area (Å²) in [5.41, 5.74) is 3.29. The highest BCUT2D eigenvalue weighted by Crippen LogP contribution is 2.26. The topological polar surface area (TPSA) is 82.3 Å². The first kappa shape index (κ1) is 16.9. The number of nitriles is 1. The fourth-order valence-electron chi connectivity index (χ4n) is 1.65. The summed E-state index contributed by atoms with van der Waals surface area (Å²) in [6.45, 7) is 7.85. The Morgan fingerprint density at radius 3 is 2.24 bits per heavy atom. The quantitative estimate of drug-likeness (QED) is 0.385. The van der Waals surface area contributed by atoms with Gasteiger partial charge in [0, 0.05) is 11.6 Å². The lowest BCUT2D eigenvalue weighted by atomic mass is 9.86. The van der Waals surface area contributed by atoms with E-state index >= 15 is 0 Å². The average molecular weight is 288 g/mol. The highest BCUT2D eigenvalue weighted by molar-refractivity contribution is 5.86. The lowest BCUT2D eigenvalue weighted by molar-refractivity contribution is -0.209. The minimum atomic E-state index is -2.23. The van der Waals surface area contributed by atoms with Crippen LogP contribution in [-0.2, 0) is 20.8 Å². The molecule has 1 aromatic rings. The second-order valence-corrected chi connectivity index (χ2v) is 5.65. The van der Waals surface area contributed by atoms with Crippen molar-refractivity contribution >= 4 is 5.91 Å². The molecule has 1 amide bonds. The van der Waals surface area contributed by atoms with Crippen molar-refractivity contribution in [3.05, 3.63) is 47.5 Å². The smallest absolute Gasteiger partial charge is 0.306 e. The van der Waals surface area contributed by atoms with Gasteiger partial charge in [0.25, 0.3) is 5.91 Å². The van der Waals surface area contributed by atoms with Crippen LogP contribution >= 0.6 is 0 Å². The minimum Gasteiger partial charge on any atom is -0.349 e. The van der Waals surface area contributed by atoms with Crippen LogP contribution in [0, 0.1) is 11.3 Å². The Morgan fingerprint density at radius 2 is 1.81 bits per heavy atom. The van der Waals surface area contributed by atoms with E-state index < -0.39 is 11.7 Å². The summed E-state index contributed by atoms with van der Waals surface area (Å²) >= 11 is 0. The number of allylic oxidation sites excluding steroid dienone is 1. The second kappa shape index (κ2) is 6.53. The van der Waals surface area contributed by atoms with Gasteiger partial charge in [0.1, 0.15) is 6.07 Å². The van der Waals surface area contributed by atoms with E-state index in [2.05, 4.69) is 20.8 Å². The van der Waals surface area contributed by atoms with E-state index in [1.165, 1.54) is 12.2 Å². The van der Waals surface area contributed by atoms with Gasteiger partial charge in [-0.1, -0.05) is 51.1 Å². The Morgan fingerprint density at radius 1 is 1.29 bits per heavy atom. The van der Waals surface area contributed by atoms with Crippen molar-refractivity contribution in [1.82, 2.24) is 5.48 Å². The third-order valence-corrected chi connectivity index (χ3v) is 2.91. The van der Waals surface area contributed by atoms with Crippen molar-refractivity contribution in [2.24, 2.45) is 0 Å². The molecular weight excluding hydrogens is 268 g/mol. The van der Waals surface area contributed by atoms with Crippen LogP contribution in [0.4, 0.5) is 0 Å². The molecular formula is C16H20N2O3. The number of hydrogen-bond acceptors (Lipinski definition) is 4. The normalized spacial score (nSPS) is 14.5. The van der Waals surface area contributed by atoms with Crippen LogP contribution in [0.2, 0.25) is 0 Å². The first-order chi connectivity index (χ1) is 9.73. The molecule has 0 heterocycles. The summed E-state index contributed by atoms with van der Waals surface area (Å²) < 4.78 is 0. The summed E-state index contributed by atoms with van der Waals surface area (Å²) in [4.78, 5) is 16.1. The molecule has 5 nitrogen and oxygen atoms in total. The summed E-state index contributed by atoms with van der Waals surface area (Å²) in [7, 11) is 0. The molecule has 21 heavy (non-hydrogen) atoms. The molecule has 0 spiro atoms. The third kappa shape index (κ3) is 4.42. The average Bonchev–Trinajstić information content (AvgIpc) is 2.44. The van der Waals surface area contributed by atoms with Crippen LogP contribution < -0.4 is 5.48 Å². The van der Waals surface area contributed by atoms with Crippen molar-refractivity contribution in [3.63, 3.8) is 0 Å². The maximum atomic E-state index is 11.3. The van der Waals surface area contributed by atoms with E-state index in [4.69, 9.17) is 10.1 Å². The third-order valence-electron chi connectivity index (χ3n) is 2.91. The second-order valence-electron chi connectivity index (χ2n) is 5.65. The predicted molar refractivity (Wildman–Crippen MR) is 78.7 cm³/mol. The van der Waals surface area contributed by atoms with Crippen LogP contribution in [0.25, 0.3) is 0 Å². The van der Waals surface area contributed by atoms with Crippen molar-refractivity contribution in [2.45, 2.75) is 38.9 Å². The van der Waals surface area contributed by atoms with Gasteiger partial charge in [-0.05, 0) is 17.9 Å². The van der Waals surface area contributed by atoms with Gasteiger partial charge in [0.2, 0.25) is 0 Å². The molecule has 1 atom stereocenters. The van der Waals surface area contributed by atoms with Gasteiger partial charge in [0.15, 0.2) is 0 Å². The van der Waals surface area contributed by atoms with Crippen molar-refractivity contribution in [3.8, 4) is 6.07 Å². The van der Waals surface area contributed by atoms with Crippen molar-refractivity contribution < 1.29 is 14.7 Å². The van der Waals surface area contributed by atoms with E-state index in [9.17, 15) is 9.90 Å². The molecule has 0 saturated carbocycles. The highest BCUT2D eigenvalue weighted by Gasteiger charge is 2.32. The molecule has 112 valence electrons. The predicted octanol–water partition coefficient (Wildman–Crippen LogP) is 2.28. The van der Waals surface area contributed by atoms with E-state index in [1.807, 2.05) is 17.6 Å². The number of rotatable bonds is 4. The van der Waals surface area contributed by atoms with Gasteiger partial charge < -0.3 is 5.11 Å². The number of amides is 1. The molecule has 0 aromatic heterocycles. The van der Waals surface area contributed by atoms with Gasteiger partial charge in [-0.3, -0.25) is 4.79 Å². The molecule has 1 rings (SSSR count). The zero-order chi connectivity index (χ0) is 16.1. The molecule has 2 N–H and O–H groups in total. The first-order valence-electron chi connectivity index (χ1n) is 6.58. The number of nitrogens with zero attached hydrogens (tertiary/aromatic N) is 1. The monoisotopic (exact) mass is 288 g/mol. The number of carbonyl (C=O) groups is 1. The number of hydrogen-bond donors (Lipinski definition) is 2. The molecule has 1 unspecified atom stereocenters. The van der Waals surface area contributed by atoms with Crippen LogP contribution in [0.5, 0.6) is 0 Å². The van der Waals surface area contributed by atoms with Gasteiger partial charge in [-0.2, -0.15) is 5.26 Å². The van der Waals surface area contributed by atoms with Gasteiger partial charge >= 0.3 is 5.79 Å². The fourth-order valence-corrected chi connectivity index (χ4v) is 1.65. The van der Waals surface area contributed by atoms with Crippen molar-refractivity contribution in [1.29, 1.82) is 5.26 Å². The van der Waals surface area contributed by atoms with Crippen LogP contribution in [-0.4, -0.2) is 11.0 Å². The molecule has 0 radical (unpaired) electrons. The van der Waals surface area contributed by atoms with Crippen LogP contribution in [0.3, 0.4) is 0 Å². The van der Waals surface area contributed by atoms with Crippen LogP contribution in [0.15, 0.2) is 36.4 Å². The lowest BCUT2D eigenvalue weighted by Gasteiger charge is -2.23. The molecule has 0 bridgehead atoms. The minimum absolute atomic E-state index is 0.0374. The summed E-state index contributed by atoms with van der Waals surface area (Å²) in [6.07, 6.45) is 2.74. The Kier molecular flexibility index (Phi) is 5.25. The molecule has 0 aliphatic carbocycles. The molecule has 5 heteroatoms. The van der Waals surface area contributed by atoms with E-state index in [-0.39, 0.29) is 11.0 Å². The first-order valence-corrected chi connectivity index (χ1v) is 6.58. The number of carbonyl (C=O) groups excluding carboxylic acids is 1. The number of nitrogens with one attached hydrogen (secondary N) is 1.